The molecule has 0 bridgehead atoms. The van der Waals surface area contributed by atoms with Crippen LogP contribution in [0.2, 0.25) is 0 Å². The molecule has 29 heavy (non-hydrogen) atoms. The van der Waals surface area contributed by atoms with Crippen molar-refractivity contribution < 1.29 is 9.53 Å². The number of aryl methyl sites for hydroxylation is 2. The molecule has 3 aromatic carbocycles. The molecule has 3 rings (SSSR count). The number of carbonyl (C=O) groups is 1. The lowest BCUT2D eigenvalue weighted by Crippen LogP contribution is -2.03. The van der Waals surface area contributed by atoms with Crippen LogP contribution in [0.25, 0.3) is 5.70 Å². The van der Waals surface area contributed by atoms with Crippen molar-refractivity contribution in [2.75, 3.05) is 7.11 Å². The topological polar surface area (TPSA) is 52.3 Å². The van der Waals surface area contributed by atoms with Gasteiger partial charge in [-0.3, -0.25) is 0 Å². The Morgan fingerprint density at radius 2 is 1.14 bits per heavy atom. The van der Waals surface area contributed by atoms with Gasteiger partial charge in [0.2, 0.25) is 0 Å². The maximum absolute atomic E-state index is 11.7. The number of carbonyl (C=O) groups excluding carboxylic acids is 1. The van der Waals surface area contributed by atoms with Crippen molar-refractivity contribution in [3.63, 3.8) is 0 Å². The summed E-state index contributed by atoms with van der Waals surface area (Å²) in [5.41, 5.74) is 11.1. The third-order valence-corrected chi connectivity index (χ3v) is 6.63. The SMILES string of the molecule is COC(=O)c1ccc(C(N)=C(Sc2ccc(C)cc2)Sc2ccc(C)cc2)cc1. The average Bonchev–Trinajstić information content (AvgIpc) is 2.75. The van der Waals surface area contributed by atoms with Crippen LogP contribution in [0.3, 0.4) is 0 Å². The molecule has 0 fully saturated rings. The Morgan fingerprint density at radius 3 is 1.55 bits per heavy atom. The Kier molecular flexibility index (Phi) is 7.07. The van der Waals surface area contributed by atoms with E-state index >= 15 is 0 Å². The second-order valence-corrected chi connectivity index (χ2v) is 9.03. The Hall–Kier alpha value is -2.63. The van der Waals surface area contributed by atoms with E-state index < -0.39 is 0 Å². The van der Waals surface area contributed by atoms with Crippen molar-refractivity contribution in [1.29, 1.82) is 0 Å². The van der Waals surface area contributed by atoms with Crippen molar-refractivity contribution >= 4 is 35.2 Å². The Labute approximate surface area is 180 Å². The summed E-state index contributed by atoms with van der Waals surface area (Å²) < 4.78 is 5.76. The van der Waals surface area contributed by atoms with Crippen LogP contribution < -0.4 is 5.73 Å². The predicted octanol–water partition coefficient (Wildman–Crippen LogP) is 6.26. The Balaban J connectivity index is 1.95. The van der Waals surface area contributed by atoms with E-state index in [-0.39, 0.29) is 5.97 Å². The van der Waals surface area contributed by atoms with Gasteiger partial charge in [0, 0.05) is 9.79 Å². The lowest BCUT2D eigenvalue weighted by atomic mass is 10.1. The zero-order valence-electron chi connectivity index (χ0n) is 16.6. The highest BCUT2D eigenvalue weighted by atomic mass is 32.2. The predicted molar refractivity (Wildman–Crippen MR) is 123 cm³/mol. The third kappa shape index (κ3) is 5.68. The molecule has 2 N–H and O–H groups in total. The number of benzene rings is 3. The van der Waals surface area contributed by atoms with E-state index in [1.165, 1.54) is 18.2 Å². The smallest absolute Gasteiger partial charge is 0.337 e. The molecule has 0 amide bonds. The molecule has 3 nitrogen and oxygen atoms in total. The fourth-order valence-electron chi connectivity index (χ4n) is 2.58. The third-order valence-electron chi connectivity index (χ3n) is 4.30. The second-order valence-electron chi connectivity index (χ2n) is 6.60. The molecule has 0 aliphatic heterocycles. The molecule has 0 heterocycles. The molecule has 0 aliphatic carbocycles. The lowest BCUT2D eigenvalue weighted by molar-refractivity contribution is 0.0600. The van der Waals surface area contributed by atoms with Gasteiger partial charge in [-0.1, -0.05) is 71.0 Å². The van der Waals surface area contributed by atoms with E-state index in [9.17, 15) is 4.79 Å². The standard InChI is InChI=1S/C24H23NO2S2/c1-16-4-12-20(13-5-16)28-24(29-21-14-6-17(2)7-15-21)22(25)18-8-10-19(11-9-18)23(26)27-3/h4-15H,25H2,1-3H3. The van der Waals surface area contributed by atoms with E-state index in [1.807, 2.05) is 12.1 Å². The first-order chi connectivity index (χ1) is 14.0. The fourth-order valence-corrected chi connectivity index (χ4v) is 4.75. The number of thioether (sulfide) groups is 2. The van der Waals surface area contributed by atoms with Gasteiger partial charge < -0.3 is 10.5 Å². The summed E-state index contributed by atoms with van der Waals surface area (Å²) >= 11 is 3.28. The van der Waals surface area contributed by atoms with E-state index in [4.69, 9.17) is 10.5 Å². The molecule has 0 saturated carbocycles. The van der Waals surface area contributed by atoms with Crippen LogP contribution in [0.1, 0.15) is 27.0 Å². The highest BCUT2D eigenvalue weighted by Gasteiger charge is 2.12. The summed E-state index contributed by atoms with van der Waals surface area (Å²) in [5.74, 6) is -0.359. The molecular formula is C24H23NO2S2. The molecule has 0 aliphatic rings. The van der Waals surface area contributed by atoms with Crippen LogP contribution in [0, 0.1) is 13.8 Å². The van der Waals surface area contributed by atoms with Gasteiger partial charge in [0.15, 0.2) is 0 Å². The maximum Gasteiger partial charge on any atom is 0.337 e. The summed E-state index contributed by atoms with van der Waals surface area (Å²) in [4.78, 5) is 13.9. The molecule has 0 saturated heterocycles. The first-order valence-corrected chi connectivity index (χ1v) is 10.8. The van der Waals surface area contributed by atoms with Gasteiger partial charge in [-0.15, -0.1) is 0 Å². The van der Waals surface area contributed by atoms with E-state index in [0.717, 1.165) is 19.6 Å². The van der Waals surface area contributed by atoms with Crippen LogP contribution >= 0.6 is 23.5 Å². The molecule has 0 aromatic heterocycles. The molecule has 0 atom stereocenters. The van der Waals surface area contributed by atoms with Gasteiger partial charge in [0.1, 0.15) is 0 Å². The number of hydrogen-bond acceptors (Lipinski definition) is 5. The molecule has 0 spiro atoms. The number of ether oxygens (including phenoxy) is 1. The molecule has 5 heteroatoms. The van der Waals surface area contributed by atoms with Crippen molar-refractivity contribution in [2.24, 2.45) is 5.73 Å². The van der Waals surface area contributed by atoms with Crippen molar-refractivity contribution in [1.82, 2.24) is 0 Å². The maximum atomic E-state index is 11.7. The normalized spacial score (nSPS) is 10.4. The summed E-state index contributed by atoms with van der Waals surface area (Å²) in [7, 11) is 1.37. The molecule has 148 valence electrons. The molecule has 0 unspecified atom stereocenters. The lowest BCUT2D eigenvalue weighted by Gasteiger charge is -2.13. The minimum atomic E-state index is -0.359. The number of esters is 1. The first-order valence-electron chi connectivity index (χ1n) is 9.14. The van der Waals surface area contributed by atoms with E-state index in [2.05, 4.69) is 62.4 Å². The van der Waals surface area contributed by atoms with Gasteiger partial charge in [-0.2, -0.15) is 0 Å². The van der Waals surface area contributed by atoms with Gasteiger partial charge in [0.05, 0.1) is 22.6 Å². The van der Waals surface area contributed by atoms with Crippen LogP contribution in [-0.4, -0.2) is 13.1 Å². The van der Waals surface area contributed by atoms with Crippen LogP contribution in [0.4, 0.5) is 0 Å². The minimum Gasteiger partial charge on any atom is -0.465 e. The highest BCUT2D eigenvalue weighted by Crippen LogP contribution is 2.42. The Bertz CT molecular complexity index is 959. The summed E-state index contributed by atoms with van der Waals surface area (Å²) in [6.07, 6.45) is 0. The van der Waals surface area contributed by atoms with Gasteiger partial charge in [-0.05, 0) is 55.8 Å². The average molecular weight is 422 g/mol. The minimum absolute atomic E-state index is 0.359. The van der Waals surface area contributed by atoms with Crippen molar-refractivity contribution in [3.05, 3.63) is 99.3 Å². The van der Waals surface area contributed by atoms with Gasteiger partial charge >= 0.3 is 5.97 Å². The highest BCUT2D eigenvalue weighted by molar-refractivity contribution is 8.22. The van der Waals surface area contributed by atoms with Gasteiger partial charge in [0.25, 0.3) is 0 Å². The van der Waals surface area contributed by atoms with Crippen LogP contribution in [0.5, 0.6) is 0 Å². The zero-order chi connectivity index (χ0) is 20.8. The first kappa shape index (κ1) is 21.1. The van der Waals surface area contributed by atoms with Crippen LogP contribution in [0.15, 0.2) is 86.8 Å². The molecule has 3 aromatic rings. The Morgan fingerprint density at radius 1 is 0.724 bits per heavy atom. The quantitative estimate of drug-likeness (QED) is 0.376. The summed E-state index contributed by atoms with van der Waals surface area (Å²) in [5, 5.41) is 0. The van der Waals surface area contributed by atoms with E-state index in [0.29, 0.717) is 11.3 Å². The number of rotatable bonds is 6. The second kappa shape index (κ2) is 9.72. The molecular weight excluding hydrogens is 398 g/mol. The monoisotopic (exact) mass is 421 g/mol. The number of methoxy groups -OCH3 is 1. The number of hydrogen-bond donors (Lipinski definition) is 1. The number of nitrogens with two attached hydrogens (primary N) is 1. The fraction of sp³-hybridized carbons (Fsp3) is 0.125. The van der Waals surface area contributed by atoms with Crippen molar-refractivity contribution in [2.45, 2.75) is 23.6 Å². The summed E-state index contributed by atoms with van der Waals surface area (Å²) in [6, 6.07) is 24.0. The van der Waals surface area contributed by atoms with Crippen LogP contribution in [-0.2, 0) is 4.74 Å². The van der Waals surface area contributed by atoms with Gasteiger partial charge in [-0.25, -0.2) is 4.79 Å². The van der Waals surface area contributed by atoms with E-state index in [1.54, 1.807) is 35.7 Å². The largest absolute Gasteiger partial charge is 0.465 e. The molecule has 0 radical (unpaired) electrons. The zero-order valence-corrected chi connectivity index (χ0v) is 18.3. The van der Waals surface area contributed by atoms with Crippen molar-refractivity contribution in [3.8, 4) is 0 Å². The summed E-state index contributed by atoms with van der Waals surface area (Å²) in [6.45, 7) is 4.15.